The SMILES string of the molecule is CC(C)CN(CCC#N)Cc1ccc(C#N)cc1. The van der Waals surface area contributed by atoms with Crippen molar-refractivity contribution < 1.29 is 0 Å². The third-order valence-electron chi connectivity index (χ3n) is 2.65. The molecule has 0 atom stereocenters. The summed E-state index contributed by atoms with van der Waals surface area (Å²) in [5.41, 5.74) is 1.87. The van der Waals surface area contributed by atoms with Gasteiger partial charge < -0.3 is 0 Å². The molecule has 1 rings (SSSR count). The largest absolute Gasteiger partial charge is 0.298 e. The van der Waals surface area contributed by atoms with Crippen LogP contribution in [0.3, 0.4) is 0 Å². The van der Waals surface area contributed by atoms with Crippen LogP contribution in [0, 0.1) is 28.6 Å². The summed E-state index contributed by atoms with van der Waals surface area (Å²) in [6, 6.07) is 12.0. The van der Waals surface area contributed by atoms with Crippen molar-refractivity contribution in [2.75, 3.05) is 13.1 Å². The van der Waals surface area contributed by atoms with Crippen LogP contribution in [0.1, 0.15) is 31.4 Å². The van der Waals surface area contributed by atoms with Crippen LogP contribution in [-0.2, 0) is 6.54 Å². The van der Waals surface area contributed by atoms with E-state index in [4.69, 9.17) is 10.5 Å². The minimum Gasteiger partial charge on any atom is -0.298 e. The first-order chi connectivity index (χ1) is 8.65. The maximum absolute atomic E-state index is 8.75. The fraction of sp³-hybridized carbons (Fsp3) is 0.467. The van der Waals surface area contributed by atoms with Gasteiger partial charge in [0.25, 0.3) is 0 Å². The second kappa shape index (κ2) is 7.48. The standard InChI is InChI=1S/C15H19N3/c1-13(2)11-18(9-3-8-16)12-15-6-4-14(10-17)5-7-15/h4-7,13H,3,9,11-12H2,1-2H3. The van der Waals surface area contributed by atoms with Gasteiger partial charge in [-0.25, -0.2) is 0 Å². The minimum absolute atomic E-state index is 0.559. The molecule has 0 unspecified atom stereocenters. The van der Waals surface area contributed by atoms with Gasteiger partial charge in [0, 0.05) is 26.1 Å². The Kier molecular flexibility index (Phi) is 5.91. The van der Waals surface area contributed by atoms with Gasteiger partial charge in [-0.05, 0) is 23.6 Å². The molecule has 0 bridgehead atoms. The molecule has 0 saturated heterocycles. The summed E-state index contributed by atoms with van der Waals surface area (Å²) in [4.78, 5) is 2.29. The van der Waals surface area contributed by atoms with E-state index in [1.54, 1.807) is 0 Å². The zero-order valence-electron chi connectivity index (χ0n) is 11.1. The van der Waals surface area contributed by atoms with Crippen LogP contribution >= 0.6 is 0 Å². The van der Waals surface area contributed by atoms with Crippen molar-refractivity contribution in [3.63, 3.8) is 0 Å². The number of rotatable bonds is 6. The second-order valence-corrected chi connectivity index (χ2v) is 4.85. The molecule has 0 aromatic heterocycles. The van der Waals surface area contributed by atoms with Crippen molar-refractivity contribution in [1.82, 2.24) is 4.90 Å². The Morgan fingerprint density at radius 2 is 1.83 bits per heavy atom. The second-order valence-electron chi connectivity index (χ2n) is 4.85. The summed E-state index contributed by atoms with van der Waals surface area (Å²) in [5.74, 6) is 0.585. The molecule has 0 fully saturated rings. The number of hydrogen-bond acceptors (Lipinski definition) is 3. The molecular weight excluding hydrogens is 222 g/mol. The average molecular weight is 241 g/mol. The van der Waals surface area contributed by atoms with Crippen LogP contribution in [-0.4, -0.2) is 18.0 Å². The van der Waals surface area contributed by atoms with E-state index in [2.05, 4.69) is 30.9 Å². The summed E-state index contributed by atoms with van der Waals surface area (Å²) in [6.45, 7) is 6.98. The lowest BCUT2D eigenvalue weighted by Crippen LogP contribution is -2.28. The number of nitriles is 2. The first kappa shape index (κ1) is 14.2. The van der Waals surface area contributed by atoms with Crippen LogP contribution in [0.4, 0.5) is 0 Å². The van der Waals surface area contributed by atoms with Gasteiger partial charge in [0.1, 0.15) is 0 Å². The lowest BCUT2D eigenvalue weighted by Gasteiger charge is -2.23. The van der Waals surface area contributed by atoms with E-state index in [0.29, 0.717) is 17.9 Å². The Labute approximate surface area is 109 Å². The predicted octanol–water partition coefficient (Wildman–Crippen LogP) is 2.93. The van der Waals surface area contributed by atoms with E-state index in [1.165, 1.54) is 5.56 Å². The molecule has 94 valence electrons. The predicted molar refractivity (Wildman–Crippen MR) is 71.5 cm³/mol. The molecule has 0 aliphatic carbocycles. The van der Waals surface area contributed by atoms with Gasteiger partial charge in [0.15, 0.2) is 0 Å². The maximum Gasteiger partial charge on any atom is 0.0991 e. The summed E-state index contributed by atoms with van der Waals surface area (Å²) in [5, 5.41) is 17.4. The summed E-state index contributed by atoms with van der Waals surface area (Å²) < 4.78 is 0. The first-order valence-electron chi connectivity index (χ1n) is 6.24. The molecule has 0 aliphatic rings. The number of nitrogens with zero attached hydrogens (tertiary/aromatic N) is 3. The fourth-order valence-electron chi connectivity index (χ4n) is 1.90. The molecule has 0 radical (unpaired) electrons. The summed E-state index contributed by atoms with van der Waals surface area (Å²) in [6.07, 6.45) is 0.559. The Morgan fingerprint density at radius 1 is 1.17 bits per heavy atom. The van der Waals surface area contributed by atoms with Gasteiger partial charge in [-0.2, -0.15) is 10.5 Å². The molecule has 3 heteroatoms. The quantitative estimate of drug-likeness (QED) is 0.769. The average Bonchev–Trinajstić information content (AvgIpc) is 2.36. The molecular formula is C15H19N3. The van der Waals surface area contributed by atoms with Crippen LogP contribution in [0.5, 0.6) is 0 Å². The Balaban J connectivity index is 2.63. The van der Waals surface area contributed by atoms with Crippen LogP contribution in [0.25, 0.3) is 0 Å². The molecule has 0 amide bonds. The highest BCUT2D eigenvalue weighted by Gasteiger charge is 2.08. The van der Waals surface area contributed by atoms with E-state index in [-0.39, 0.29) is 0 Å². The maximum atomic E-state index is 8.75. The van der Waals surface area contributed by atoms with E-state index in [9.17, 15) is 0 Å². The number of benzene rings is 1. The zero-order valence-corrected chi connectivity index (χ0v) is 11.1. The molecule has 0 aliphatic heterocycles. The monoisotopic (exact) mass is 241 g/mol. The van der Waals surface area contributed by atoms with Crippen LogP contribution < -0.4 is 0 Å². The van der Waals surface area contributed by atoms with Gasteiger partial charge in [-0.1, -0.05) is 26.0 Å². The smallest absolute Gasteiger partial charge is 0.0991 e. The van der Waals surface area contributed by atoms with Gasteiger partial charge in [0.2, 0.25) is 0 Å². The molecule has 18 heavy (non-hydrogen) atoms. The fourth-order valence-corrected chi connectivity index (χ4v) is 1.90. The molecule has 0 spiro atoms. The summed E-state index contributed by atoms with van der Waals surface area (Å²) in [7, 11) is 0. The van der Waals surface area contributed by atoms with Crippen molar-refractivity contribution in [2.24, 2.45) is 5.92 Å². The third kappa shape index (κ3) is 4.99. The molecule has 3 nitrogen and oxygen atoms in total. The Hall–Kier alpha value is -1.84. The highest BCUT2D eigenvalue weighted by atomic mass is 15.1. The number of hydrogen-bond donors (Lipinski definition) is 0. The van der Waals surface area contributed by atoms with Crippen molar-refractivity contribution in [1.29, 1.82) is 10.5 Å². The normalized spacial score (nSPS) is 10.3. The molecule has 0 N–H and O–H groups in total. The van der Waals surface area contributed by atoms with Crippen molar-refractivity contribution >= 4 is 0 Å². The Morgan fingerprint density at radius 3 is 2.33 bits per heavy atom. The van der Waals surface area contributed by atoms with Crippen molar-refractivity contribution in [3.8, 4) is 12.1 Å². The summed E-state index contributed by atoms with van der Waals surface area (Å²) >= 11 is 0. The molecule has 1 aromatic carbocycles. The van der Waals surface area contributed by atoms with E-state index in [1.807, 2.05) is 24.3 Å². The first-order valence-corrected chi connectivity index (χ1v) is 6.24. The lowest BCUT2D eigenvalue weighted by molar-refractivity contribution is 0.241. The van der Waals surface area contributed by atoms with Crippen molar-refractivity contribution in [2.45, 2.75) is 26.8 Å². The van der Waals surface area contributed by atoms with Crippen LogP contribution in [0.2, 0.25) is 0 Å². The van der Waals surface area contributed by atoms with E-state index in [0.717, 1.165) is 19.6 Å². The Bertz CT molecular complexity index is 434. The van der Waals surface area contributed by atoms with Gasteiger partial charge in [-0.15, -0.1) is 0 Å². The highest BCUT2D eigenvalue weighted by Crippen LogP contribution is 2.09. The van der Waals surface area contributed by atoms with E-state index >= 15 is 0 Å². The van der Waals surface area contributed by atoms with Crippen LogP contribution in [0.15, 0.2) is 24.3 Å². The molecule has 0 heterocycles. The van der Waals surface area contributed by atoms with Crippen molar-refractivity contribution in [3.05, 3.63) is 35.4 Å². The lowest BCUT2D eigenvalue weighted by atomic mass is 10.1. The van der Waals surface area contributed by atoms with Gasteiger partial charge >= 0.3 is 0 Å². The third-order valence-corrected chi connectivity index (χ3v) is 2.65. The minimum atomic E-state index is 0.559. The van der Waals surface area contributed by atoms with Gasteiger partial charge in [-0.3, -0.25) is 4.90 Å². The topological polar surface area (TPSA) is 50.8 Å². The van der Waals surface area contributed by atoms with E-state index < -0.39 is 0 Å². The van der Waals surface area contributed by atoms with Gasteiger partial charge in [0.05, 0.1) is 17.7 Å². The molecule has 1 aromatic rings. The zero-order chi connectivity index (χ0) is 13.4. The molecule has 0 saturated carbocycles. The highest BCUT2D eigenvalue weighted by molar-refractivity contribution is 5.31.